The zero-order valence-electron chi connectivity index (χ0n) is 12.9. The van der Waals surface area contributed by atoms with Crippen LogP contribution in [-0.2, 0) is 4.79 Å². The molecule has 3 amide bonds. The molecular formula is C17H20ClN3O2. The molecule has 4 rings (SSSR count). The Hall–Kier alpha value is -1.75. The largest absolute Gasteiger partial charge is 0.322 e. The highest BCUT2D eigenvalue weighted by molar-refractivity contribution is 6.34. The molecule has 122 valence electrons. The number of carbonyl (C=O) groups excluding carboxylic acids is 2. The number of rotatable bonds is 2. The molecule has 0 aliphatic carbocycles. The van der Waals surface area contributed by atoms with Crippen LogP contribution in [0.2, 0.25) is 5.02 Å². The first-order chi connectivity index (χ1) is 11.1. The third-order valence-corrected chi connectivity index (χ3v) is 5.52. The molecule has 1 aromatic carbocycles. The molecule has 0 saturated carbocycles. The number of halogens is 1. The van der Waals surface area contributed by atoms with Crippen LogP contribution in [0.5, 0.6) is 0 Å². The van der Waals surface area contributed by atoms with E-state index in [1.807, 2.05) is 4.90 Å². The lowest BCUT2D eigenvalue weighted by Crippen LogP contribution is -2.62. The van der Waals surface area contributed by atoms with Gasteiger partial charge in [-0.3, -0.25) is 4.79 Å². The van der Waals surface area contributed by atoms with Crippen molar-refractivity contribution in [2.75, 3.05) is 16.8 Å². The molecule has 23 heavy (non-hydrogen) atoms. The van der Waals surface area contributed by atoms with Crippen molar-refractivity contribution in [3.05, 3.63) is 23.2 Å². The summed E-state index contributed by atoms with van der Waals surface area (Å²) in [5.74, 6) is 0.0904. The van der Waals surface area contributed by atoms with Crippen LogP contribution >= 0.6 is 11.6 Å². The molecule has 1 aromatic rings. The molecule has 6 heteroatoms. The van der Waals surface area contributed by atoms with Crippen LogP contribution in [0, 0.1) is 0 Å². The standard InChI is InChI=1S/C17H20ClN3O2/c18-14-7-6-11(9-15(14)20-8-2-5-16(20)22)19-17(23)21-12-3-1-4-13(21)10-12/h6-7,9,12-13H,1-5,8,10H2,(H,19,23)/t12-,13?/m1/s1. The van der Waals surface area contributed by atoms with Crippen molar-refractivity contribution in [1.29, 1.82) is 0 Å². The summed E-state index contributed by atoms with van der Waals surface area (Å²) in [4.78, 5) is 28.1. The number of carbonyl (C=O) groups is 2. The van der Waals surface area contributed by atoms with E-state index in [0.717, 1.165) is 25.7 Å². The van der Waals surface area contributed by atoms with Crippen molar-refractivity contribution in [2.24, 2.45) is 0 Å². The molecule has 0 spiro atoms. The lowest BCUT2D eigenvalue weighted by molar-refractivity contribution is -0.117. The summed E-state index contributed by atoms with van der Waals surface area (Å²) in [5.41, 5.74) is 1.38. The first kappa shape index (κ1) is 14.8. The monoisotopic (exact) mass is 333 g/mol. The van der Waals surface area contributed by atoms with Gasteiger partial charge in [0.1, 0.15) is 0 Å². The number of amides is 3. The topological polar surface area (TPSA) is 52.7 Å². The van der Waals surface area contributed by atoms with Crippen LogP contribution < -0.4 is 10.2 Å². The van der Waals surface area contributed by atoms with Gasteiger partial charge in [-0.15, -0.1) is 0 Å². The smallest absolute Gasteiger partial charge is 0.318 e. The van der Waals surface area contributed by atoms with E-state index in [-0.39, 0.29) is 11.9 Å². The van der Waals surface area contributed by atoms with E-state index < -0.39 is 0 Å². The fraction of sp³-hybridized carbons (Fsp3) is 0.529. The summed E-state index contributed by atoms with van der Waals surface area (Å²) in [7, 11) is 0. The molecule has 2 bridgehead atoms. The minimum absolute atomic E-state index is 0.0352. The average Bonchev–Trinajstić information content (AvgIpc) is 2.96. The number of fused-ring (bicyclic) bond motifs is 2. The summed E-state index contributed by atoms with van der Waals surface area (Å²) >= 11 is 6.24. The van der Waals surface area contributed by atoms with Gasteiger partial charge in [0.05, 0.1) is 10.7 Å². The summed E-state index contributed by atoms with van der Waals surface area (Å²) < 4.78 is 0. The van der Waals surface area contributed by atoms with Crippen molar-refractivity contribution < 1.29 is 9.59 Å². The number of hydrogen-bond donors (Lipinski definition) is 1. The molecule has 1 unspecified atom stereocenters. The Kier molecular flexibility index (Phi) is 3.68. The summed E-state index contributed by atoms with van der Waals surface area (Å²) in [6.07, 6.45) is 5.99. The number of nitrogens with zero attached hydrogens (tertiary/aromatic N) is 2. The lowest BCUT2D eigenvalue weighted by atomic mass is 9.80. The second-order valence-electron chi connectivity index (χ2n) is 6.63. The van der Waals surface area contributed by atoms with Crippen molar-refractivity contribution >= 4 is 34.9 Å². The third-order valence-electron chi connectivity index (χ3n) is 5.20. The van der Waals surface area contributed by atoms with Crippen molar-refractivity contribution in [2.45, 2.75) is 50.6 Å². The molecule has 2 atom stereocenters. The summed E-state index contributed by atoms with van der Waals surface area (Å²) in [5, 5.41) is 3.51. The number of anilines is 2. The Balaban J connectivity index is 1.51. The average molecular weight is 334 g/mol. The number of nitrogens with one attached hydrogen (secondary N) is 1. The van der Waals surface area contributed by atoms with Crippen molar-refractivity contribution in [3.8, 4) is 0 Å². The SMILES string of the molecule is O=C1CCCN1c1cc(NC(=O)N2C3CCC[C@@H]2C3)ccc1Cl. The normalized spacial score (nSPS) is 26.2. The molecule has 0 radical (unpaired) electrons. The Morgan fingerprint density at radius 2 is 2.00 bits per heavy atom. The zero-order valence-corrected chi connectivity index (χ0v) is 13.7. The van der Waals surface area contributed by atoms with Crippen LogP contribution in [0.4, 0.5) is 16.2 Å². The van der Waals surface area contributed by atoms with Crippen LogP contribution in [0.3, 0.4) is 0 Å². The Morgan fingerprint density at radius 1 is 1.22 bits per heavy atom. The second kappa shape index (κ2) is 5.71. The number of piperidine rings is 1. The quantitative estimate of drug-likeness (QED) is 0.898. The summed E-state index contributed by atoms with van der Waals surface area (Å²) in [6, 6.07) is 6.11. The zero-order chi connectivity index (χ0) is 16.0. The minimum Gasteiger partial charge on any atom is -0.318 e. The predicted octanol–water partition coefficient (Wildman–Crippen LogP) is 3.63. The number of urea groups is 1. The maximum Gasteiger partial charge on any atom is 0.322 e. The Bertz CT molecular complexity index is 649. The van der Waals surface area contributed by atoms with Gasteiger partial charge in [0.25, 0.3) is 0 Å². The number of hydrogen-bond acceptors (Lipinski definition) is 2. The minimum atomic E-state index is -0.0352. The highest BCUT2D eigenvalue weighted by Crippen LogP contribution is 2.39. The Morgan fingerprint density at radius 3 is 2.65 bits per heavy atom. The third kappa shape index (κ3) is 2.57. The van der Waals surface area contributed by atoms with Crippen LogP contribution in [0.25, 0.3) is 0 Å². The van der Waals surface area contributed by atoms with E-state index in [4.69, 9.17) is 11.6 Å². The first-order valence-corrected chi connectivity index (χ1v) is 8.70. The molecule has 3 aliphatic rings. The molecule has 3 saturated heterocycles. The van der Waals surface area contributed by atoms with Gasteiger partial charge in [-0.1, -0.05) is 11.6 Å². The highest BCUT2D eigenvalue weighted by atomic mass is 35.5. The van der Waals surface area contributed by atoms with Gasteiger partial charge in [-0.25, -0.2) is 4.79 Å². The molecule has 5 nitrogen and oxygen atoms in total. The fourth-order valence-electron chi connectivity index (χ4n) is 4.02. The second-order valence-corrected chi connectivity index (χ2v) is 7.03. The van der Waals surface area contributed by atoms with Gasteiger partial charge in [0.2, 0.25) is 5.91 Å². The molecule has 3 aliphatic heterocycles. The maximum atomic E-state index is 12.5. The Labute approximate surface area is 140 Å². The van der Waals surface area contributed by atoms with E-state index in [2.05, 4.69) is 5.32 Å². The molecule has 1 N–H and O–H groups in total. The number of benzene rings is 1. The lowest BCUT2D eigenvalue weighted by Gasteiger charge is -2.52. The molecule has 3 heterocycles. The van der Waals surface area contributed by atoms with E-state index in [1.54, 1.807) is 23.1 Å². The fourth-order valence-corrected chi connectivity index (χ4v) is 4.24. The molecule has 3 fully saturated rings. The van der Waals surface area contributed by atoms with E-state index in [1.165, 1.54) is 6.42 Å². The van der Waals surface area contributed by atoms with Crippen LogP contribution in [0.15, 0.2) is 18.2 Å². The van der Waals surface area contributed by atoms with Gasteiger partial charge in [0, 0.05) is 30.7 Å². The van der Waals surface area contributed by atoms with Gasteiger partial charge in [-0.05, 0) is 50.3 Å². The summed E-state index contributed by atoms with van der Waals surface area (Å²) in [6.45, 7) is 0.687. The molecular weight excluding hydrogens is 314 g/mol. The predicted molar refractivity (Wildman–Crippen MR) is 89.9 cm³/mol. The van der Waals surface area contributed by atoms with Crippen LogP contribution in [-0.4, -0.2) is 35.5 Å². The van der Waals surface area contributed by atoms with Gasteiger partial charge >= 0.3 is 6.03 Å². The van der Waals surface area contributed by atoms with Gasteiger partial charge in [0.15, 0.2) is 0 Å². The van der Waals surface area contributed by atoms with Gasteiger partial charge < -0.3 is 15.1 Å². The van der Waals surface area contributed by atoms with Crippen molar-refractivity contribution in [1.82, 2.24) is 4.90 Å². The van der Waals surface area contributed by atoms with Crippen LogP contribution in [0.1, 0.15) is 38.5 Å². The maximum absolute atomic E-state index is 12.5. The van der Waals surface area contributed by atoms with E-state index >= 15 is 0 Å². The van der Waals surface area contributed by atoms with E-state index in [9.17, 15) is 9.59 Å². The highest BCUT2D eigenvalue weighted by Gasteiger charge is 2.44. The first-order valence-electron chi connectivity index (χ1n) is 8.33. The van der Waals surface area contributed by atoms with Crippen molar-refractivity contribution in [3.63, 3.8) is 0 Å². The van der Waals surface area contributed by atoms with E-state index in [0.29, 0.717) is 41.4 Å². The molecule has 0 aromatic heterocycles. The van der Waals surface area contributed by atoms with Gasteiger partial charge in [-0.2, -0.15) is 0 Å².